The van der Waals surface area contributed by atoms with Crippen molar-refractivity contribution in [2.45, 2.75) is 169 Å². The summed E-state index contributed by atoms with van der Waals surface area (Å²) in [5.41, 5.74) is -0.725. The van der Waals surface area contributed by atoms with Crippen molar-refractivity contribution in [1.82, 2.24) is 0 Å². The molecule has 2 heterocycles. The Hall–Kier alpha value is -1.71. The van der Waals surface area contributed by atoms with E-state index in [1.807, 2.05) is 0 Å². The smallest absolute Gasteiger partial charge is 0.250 e. The van der Waals surface area contributed by atoms with E-state index in [-0.39, 0.29) is 67.2 Å². The highest BCUT2D eigenvalue weighted by molar-refractivity contribution is 6.75. The highest BCUT2D eigenvalue weighted by atomic mass is 28.4. The van der Waals surface area contributed by atoms with Gasteiger partial charge in [-0.15, -0.1) is 0 Å². The van der Waals surface area contributed by atoms with Crippen LogP contribution in [0.15, 0.2) is 30.6 Å². The van der Waals surface area contributed by atoms with Crippen molar-refractivity contribution in [2.24, 2.45) is 0 Å². The molecule has 0 aliphatic rings. The first-order valence-electron chi connectivity index (χ1n) is 17.1. The van der Waals surface area contributed by atoms with Crippen molar-refractivity contribution in [2.75, 3.05) is 0 Å². The van der Waals surface area contributed by atoms with E-state index in [0.29, 0.717) is 11.5 Å². The number of hydrogen-bond donors (Lipinski definition) is 0. The molecule has 0 radical (unpaired) electrons. The lowest BCUT2D eigenvalue weighted by Gasteiger charge is -2.37. The quantitative estimate of drug-likeness (QED) is 0.210. The van der Waals surface area contributed by atoms with E-state index in [1.54, 1.807) is 0 Å². The van der Waals surface area contributed by atoms with E-state index in [0.717, 1.165) is 0 Å². The van der Waals surface area contributed by atoms with Crippen LogP contribution in [0.4, 0.5) is 0 Å². The van der Waals surface area contributed by atoms with Gasteiger partial charge in [0.15, 0.2) is 28.1 Å². The summed E-state index contributed by atoms with van der Waals surface area (Å²) in [6.07, 6.45) is 0. The monoisotopic (exact) mass is 738 g/mol. The Morgan fingerprint density at radius 2 is 0.729 bits per heavy atom. The molecular weight excluding hydrogens is 673 g/mol. The molecule has 0 saturated heterocycles. The highest BCUT2D eigenvalue weighted by Gasteiger charge is 2.44. The van der Waals surface area contributed by atoms with Gasteiger partial charge in [0.1, 0.15) is 11.5 Å². The van der Waals surface area contributed by atoms with Gasteiger partial charge in [0, 0.05) is 12.1 Å². The SMILES string of the molecule is CC(C)(C)[Si](C)(C)OCc1cc(=O)c(O[Si](C)(C)C(C)(C)C)c(-c2oc(CO[Si](C)(C)C(C)(C)C)cc(=O)c2O[Si](C)(C)C(C)(C)C)o1. The third-order valence-corrected chi connectivity index (χ3v) is 28.8. The molecule has 0 aliphatic heterocycles. The van der Waals surface area contributed by atoms with Crippen LogP contribution in [0.25, 0.3) is 11.5 Å². The van der Waals surface area contributed by atoms with E-state index in [4.69, 9.17) is 26.5 Å². The van der Waals surface area contributed by atoms with Crippen LogP contribution < -0.4 is 19.7 Å². The molecule has 0 unspecified atom stereocenters. The van der Waals surface area contributed by atoms with Crippen LogP contribution in [0.5, 0.6) is 11.5 Å². The van der Waals surface area contributed by atoms with Gasteiger partial charge in [-0.25, -0.2) is 0 Å². The molecule has 0 spiro atoms. The maximum Gasteiger partial charge on any atom is 0.250 e. The largest absolute Gasteiger partial charge is 0.538 e. The van der Waals surface area contributed by atoms with Crippen LogP contribution in [-0.2, 0) is 22.1 Å². The number of hydrogen-bond acceptors (Lipinski definition) is 8. The van der Waals surface area contributed by atoms with Gasteiger partial charge in [-0.05, 0) is 72.5 Å². The van der Waals surface area contributed by atoms with Gasteiger partial charge in [-0.3, -0.25) is 9.59 Å². The molecule has 0 N–H and O–H groups in total. The van der Waals surface area contributed by atoms with Crippen molar-refractivity contribution in [3.63, 3.8) is 0 Å². The van der Waals surface area contributed by atoms with Gasteiger partial charge >= 0.3 is 0 Å². The number of rotatable bonds is 11. The van der Waals surface area contributed by atoms with Crippen LogP contribution in [0, 0.1) is 0 Å². The highest BCUT2D eigenvalue weighted by Crippen LogP contribution is 2.44. The fourth-order valence-corrected chi connectivity index (χ4v) is 7.34. The molecule has 0 saturated carbocycles. The maximum absolute atomic E-state index is 14.1. The molecule has 12 heteroatoms. The molecule has 274 valence electrons. The van der Waals surface area contributed by atoms with Crippen molar-refractivity contribution in [3.05, 3.63) is 44.1 Å². The third kappa shape index (κ3) is 9.74. The molecule has 0 aliphatic carbocycles. The van der Waals surface area contributed by atoms with Crippen molar-refractivity contribution < 1.29 is 26.5 Å². The van der Waals surface area contributed by atoms with Crippen LogP contribution in [0.2, 0.25) is 72.5 Å². The van der Waals surface area contributed by atoms with E-state index in [9.17, 15) is 9.59 Å². The van der Waals surface area contributed by atoms with Gasteiger partial charge in [0.2, 0.25) is 22.4 Å². The Bertz CT molecular complexity index is 1440. The molecule has 0 atom stereocenters. The van der Waals surface area contributed by atoms with E-state index < -0.39 is 33.3 Å². The van der Waals surface area contributed by atoms with Crippen molar-refractivity contribution in [3.8, 4) is 23.0 Å². The molecule has 2 rings (SSSR count). The first kappa shape index (κ1) is 42.5. The Morgan fingerprint density at radius 3 is 0.958 bits per heavy atom. The second kappa shape index (κ2) is 13.8. The average Bonchev–Trinajstić information content (AvgIpc) is 2.86. The van der Waals surface area contributed by atoms with E-state index in [2.05, 4.69) is 135 Å². The van der Waals surface area contributed by atoms with E-state index >= 15 is 0 Å². The third-order valence-electron chi connectivity index (χ3n) is 11.2. The van der Waals surface area contributed by atoms with Gasteiger partial charge in [0.25, 0.3) is 16.6 Å². The molecule has 8 nitrogen and oxygen atoms in total. The van der Waals surface area contributed by atoms with E-state index in [1.165, 1.54) is 12.1 Å². The zero-order valence-electron chi connectivity index (χ0n) is 33.8. The minimum Gasteiger partial charge on any atom is -0.538 e. The second-order valence-corrected chi connectivity index (χ2v) is 38.4. The molecule has 0 bridgehead atoms. The molecule has 2 aromatic heterocycles. The normalized spacial score (nSPS) is 14.3. The molecule has 2 aromatic rings. The Balaban J connectivity index is 2.99. The standard InChI is InChI=1S/C36H66O8Si4/c1-33(2,3)45(13,14)39-23-25-21-27(37)29(43-47(17,18)35(7,8)9)31(41-25)32-30(44-48(19,20)36(10,11)12)28(38)22-26(42-32)24-40-46(15,16)34(4,5)6/h21-22H,23-24H2,1-20H3. The summed E-state index contributed by atoms with van der Waals surface area (Å²) in [7, 11) is -9.53. The summed E-state index contributed by atoms with van der Waals surface area (Å²) in [5, 5.41) is -0.532. The minimum absolute atomic E-state index is 0.0170. The lowest BCUT2D eigenvalue weighted by Crippen LogP contribution is -2.45. The van der Waals surface area contributed by atoms with Gasteiger partial charge in [-0.2, -0.15) is 0 Å². The summed E-state index contributed by atoms with van der Waals surface area (Å²) < 4.78 is 39.5. The van der Waals surface area contributed by atoms with Crippen LogP contribution in [-0.4, -0.2) is 33.3 Å². The van der Waals surface area contributed by atoms with Gasteiger partial charge in [0.05, 0.1) is 13.2 Å². The van der Waals surface area contributed by atoms with Crippen LogP contribution >= 0.6 is 0 Å². The fourth-order valence-electron chi connectivity index (χ4n) is 3.45. The zero-order chi connectivity index (χ0) is 37.7. The Morgan fingerprint density at radius 1 is 0.479 bits per heavy atom. The molecule has 0 fully saturated rings. The van der Waals surface area contributed by atoms with Crippen molar-refractivity contribution >= 4 is 33.3 Å². The predicted octanol–water partition coefficient (Wildman–Crippen LogP) is 11.1. The molecular formula is C36H66O8Si4. The fraction of sp³-hybridized carbons (Fsp3) is 0.722. The van der Waals surface area contributed by atoms with Gasteiger partial charge in [-0.1, -0.05) is 83.1 Å². The zero-order valence-corrected chi connectivity index (χ0v) is 37.8. The summed E-state index contributed by atoms with van der Waals surface area (Å²) in [5.74, 6) is 0.770. The lowest BCUT2D eigenvalue weighted by molar-refractivity contribution is 0.236. The maximum atomic E-state index is 14.1. The molecule has 48 heavy (non-hydrogen) atoms. The Kier molecular flexibility index (Phi) is 12.2. The minimum atomic E-state index is -2.57. The van der Waals surface area contributed by atoms with Crippen molar-refractivity contribution in [1.29, 1.82) is 0 Å². The predicted molar refractivity (Wildman–Crippen MR) is 209 cm³/mol. The first-order valence-corrected chi connectivity index (χ1v) is 28.8. The first-order chi connectivity index (χ1) is 21.1. The molecule has 0 aromatic carbocycles. The summed E-state index contributed by atoms with van der Waals surface area (Å²) in [6.45, 7) is 42.6. The lowest BCUT2D eigenvalue weighted by atomic mass is 10.2. The topological polar surface area (TPSA) is 97.3 Å². The Labute approximate surface area is 294 Å². The van der Waals surface area contributed by atoms with Gasteiger partial charge < -0.3 is 26.5 Å². The summed E-state index contributed by atoms with van der Waals surface area (Å²) in [4.78, 5) is 28.2. The van der Waals surface area contributed by atoms with Crippen LogP contribution in [0.3, 0.4) is 0 Å². The molecule has 0 amide bonds. The average molecular weight is 739 g/mol. The summed E-state index contributed by atoms with van der Waals surface area (Å²) in [6, 6.07) is 2.88. The summed E-state index contributed by atoms with van der Waals surface area (Å²) >= 11 is 0. The second-order valence-electron chi connectivity index (χ2n) is 19.3. The van der Waals surface area contributed by atoms with Crippen LogP contribution in [0.1, 0.15) is 94.6 Å².